The number of unbranched alkanes of at least 4 members (excludes halogenated alkanes) is 6. The first-order valence-corrected chi connectivity index (χ1v) is 29.0. The summed E-state index contributed by atoms with van der Waals surface area (Å²) in [6, 6.07) is 1.71. The molecular formula is C59H118N12. The van der Waals surface area contributed by atoms with Gasteiger partial charge in [-0.15, -0.1) is 0 Å². The van der Waals surface area contributed by atoms with Crippen LogP contribution in [-0.2, 0) is 0 Å². The first kappa shape index (κ1) is 60.0. The van der Waals surface area contributed by atoms with E-state index in [0.717, 1.165) is 83.0 Å². The van der Waals surface area contributed by atoms with Crippen LogP contribution < -0.4 is 47.0 Å². The summed E-state index contributed by atoms with van der Waals surface area (Å²) in [5.41, 5.74) is 0.472. The topological polar surface area (TPSA) is 129 Å². The smallest absolute Gasteiger partial charge is 0.232 e. The van der Waals surface area contributed by atoms with E-state index in [1.165, 1.54) is 64.2 Å². The minimum atomic E-state index is -0.220. The van der Waals surface area contributed by atoms with Crippen molar-refractivity contribution in [3.8, 4) is 0 Å². The van der Waals surface area contributed by atoms with E-state index in [1.807, 2.05) is 0 Å². The Morgan fingerprint density at radius 2 is 0.732 bits per heavy atom. The van der Waals surface area contributed by atoms with Crippen molar-refractivity contribution in [3.05, 3.63) is 0 Å². The van der Waals surface area contributed by atoms with Gasteiger partial charge >= 0.3 is 0 Å². The van der Waals surface area contributed by atoms with Gasteiger partial charge in [-0.2, -0.15) is 15.0 Å². The minimum Gasteiger partial charge on any atom is -0.349 e. The van der Waals surface area contributed by atoms with Crippen LogP contribution in [0.2, 0.25) is 0 Å². The van der Waals surface area contributed by atoms with Crippen LogP contribution in [0.15, 0.2) is 0 Å². The molecule has 0 saturated carbocycles. The zero-order valence-corrected chi connectivity index (χ0v) is 50.4. The number of rotatable bonds is 23. The minimum absolute atomic E-state index is 0. The van der Waals surface area contributed by atoms with E-state index in [-0.39, 0.29) is 56.7 Å². The number of aromatic nitrogens is 3. The summed E-state index contributed by atoms with van der Waals surface area (Å²) in [5, 5.41) is 27.5. The Morgan fingerprint density at radius 1 is 0.437 bits per heavy atom. The van der Waals surface area contributed by atoms with Crippen molar-refractivity contribution < 1.29 is 1.43 Å². The molecule has 4 aliphatic rings. The molecule has 414 valence electrons. The molecule has 5 rings (SSSR count). The molecule has 0 bridgehead atoms. The summed E-state index contributed by atoms with van der Waals surface area (Å²) in [6.45, 7) is 53.5. The highest BCUT2D eigenvalue weighted by atomic mass is 15.4. The van der Waals surface area contributed by atoms with Crippen molar-refractivity contribution in [1.82, 2.24) is 46.9 Å². The average molecular weight is 996 g/mol. The summed E-state index contributed by atoms with van der Waals surface area (Å²) in [4.78, 5) is 22.0. The third-order valence-electron chi connectivity index (χ3n) is 15.7. The molecule has 0 aromatic carbocycles. The first-order valence-electron chi connectivity index (χ1n) is 29.0. The highest BCUT2D eigenvalue weighted by molar-refractivity contribution is 5.48. The Kier molecular flexibility index (Phi) is 19.3. The van der Waals surface area contributed by atoms with Gasteiger partial charge in [0.25, 0.3) is 0 Å². The second kappa shape index (κ2) is 22.8. The molecule has 0 radical (unpaired) electrons. The fraction of sp³-hybridized carbons (Fsp3) is 0.949. The second-order valence-corrected chi connectivity index (χ2v) is 31.0. The molecule has 1 aromatic rings. The third kappa shape index (κ3) is 20.3. The van der Waals surface area contributed by atoms with Crippen LogP contribution in [0.3, 0.4) is 0 Å². The molecule has 5 heterocycles. The number of piperidine rings is 4. The maximum absolute atomic E-state index is 5.71. The van der Waals surface area contributed by atoms with Gasteiger partial charge in [0.15, 0.2) is 0 Å². The zero-order chi connectivity index (χ0) is 53.1. The van der Waals surface area contributed by atoms with Crippen LogP contribution in [0, 0.1) is 5.41 Å². The van der Waals surface area contributed by atoms with Crippen LogP contribution >= 0.6 is 0 Å². The van der Waals surface area contributed by atoms with Crippen molar-refractivity contribution >= 4 is 17.8 Å². The van der Waals surface area contributed by atoms with E-state index in [9.17, 15) is 0 Å². The highest BCUT2D eigenvalue weighted by Crippen LogP contribution is 2.38. The fourth-order valence-corrected chi connectivity index (χ4v) is 15.3. The van der Waals surface area contributed by atoms with Gasteiger partial charge in [-0.3, -0.25) is 0 Å². The zero-order valence-electron chi connectivity index (χ0n) is 50.4. The van der Waals surface area contributed by atoms with Crippen LogP contribution in [0.5, 0.6) is 0 Å². The second-order valence-electron chi connectivity index (χ2n) is 31.0. The maximum Gasteiger partial charge on any atom is 0.232 e. The molecule has 0 spiro atoms. The molecule has 0 amide bonds. The summed E-state index contributed by atoms with van der Waals surface area (Å²) < 4.78 is 0. The van der Waals surface area contributed by atoms with Gasteiger partial charge in [0, 0.05) is 88.5 Å². The van der Waals surface area contributed by atoms with E-state index in [4.69, 9.17) is 15.0 Å². The standard InChI is InChI=1S/C59H116N12.H2/c1-50(2,3)42-59(20,21)65-47-62-48(70(45-38-55(12,13)68-56(14,15)39-45)32-28-24-22-26-30-60-43-34-51(4,5)66-52(6,7)35-43)64-49(63-47)71(46-40-57(16,17)69-58(18,19)41-46)33-29-25-23-27-31-61-44-36-53(8,9)67-54(10,11)37-44;/h43-46,60-61,66-69H,22-42H2,1-21H3,(H,62,63,64,65);1H. The van der Waals surface area contributed by atoms with Crippen LogP contribution in [0.1, 0.15) is 256 Å². The number of nitrogens with one attached hydrogen (secondary N) is 7. The van der Waals surface area contributed by atoms with Crippen molar-refractivity contribution in [2.24, 2.45) is 5.41 Å². The Hall–Kier alpha value is -1.83. The van der Waals surface area contributed by atoms with E-state index in [0.29, 0.717) is 30.1 Å². The third-order valence-corrected chi connectivity index (χ3v) is 15.7. The van der Waals surface area contributed by atoms with Crippen molar-refractivity contribution in [1.29, 1.82) is 0 Å². The molecule has 12 heteroatoms. The van der Waals surface area contributed by atoms with Crippen molar-refractivity contribution in [2.45, 2.75) is 329 Å². The molecule has 0 unspecified atom stereocenters. The van der Waals surface area contributed by atoms with E-state index in [1.54, 1.807) is 0 Å². The molecule has 71 heavy (non-hydrogen) atoms. The summed E-state index contributed by atoms with van der Waals surface area (Å²) >= 11 is 0. The van der Waals surface area contributed by atoms with Gasteiger partial charge in [0.2, 0.25) is 17.8 Å². The predicted octanol–water partition coefficient (Wildman–Crippen LogP) is 11.9. The number of nitrogens with zero attached hydrogens (tertiary/aromatic N) is 5. The average Bonchev–Trinajstić information content (AvgIpc) is 3.10. The monoisotopic (exact) mass is 995 g/mol. The van der Waals surface area contributed by atoms with Crippen LogP contribution in [0.25, 0.3) is 0 Å². The van der Waals surface area contributed by atoms with Gasteiger partial charge in [-0.05, 0) is 227 Å². The van der Waals surface area contributed by atoms with Gasteiger partial charge in [0.05, 0.1) is 0 Å². The molecular weight excluding hydrogens is 877 g/mol. The van der Waals surface area contributed by atoms with Gasteiger partial charge < -0.3 is 47.0 Å². The quantitative estimate of drug-likeness (QED) is 0.0527. The summed E-state index contributed by atoms with van der Waals surface area (Å²) in [6.07, 6.45) is 19.3. The molecule has 12 nitrogen and oxygen atoms in total. The molecule has 7 N–H and O–H groups in total. The lowest BCUT2D eigenvalue weighted by Gasteiger charge is -2.50. The maximum atomic E-state index is 5.71. The Morgan fingerprint density at radius 3 is 1.04 bits per heavy atom. The lowest BCUT2D eigenvalue weighted by molar-refractivity contribution is 0.145. The summed E-state index contributed by atoms with van der Waals surface area (Å²) in [5.74, 6) is 2.39. The fourth-order valence-electron chi connectivity index (χ4n) is 15.3. The van der Waals surface area contributed by atoms with Crippen LogP contribution in [0.4, 0.5) is 17.8 Å². The molecule has 4 fully saturated rings. The molecule has 4 aliphatic heterocycles. The van der Waals surface area contributed by atoms with E-state index >= 15 is 0 Å². The van der Waals surface area contributed by atoms with Gasteiger partial charge in [0.1, 0.15) is 0 Å². The molecule has 0 aliphatic carbocycles. The summed E-state index contributed by atoms with van der Waals surface area (Å²) in [7, 11) is 0. The number of hydrogen-bond acceptors (Lipinski definition) is 12. The van der Waals surface area contributed by atoms with Gasteiger partial charge in [-0.1, -0.05) is 46.5 Å². The normalized spacial score (nSPS) is 24.4. The molecule has 4 saturated heterocycles. The van der Waals surface area contributed by atoms with Gasteiger partial charge in [-0.25, -0.2) is 0 Å². The van der Waals surface area contributed by atoms with Crippen LogP contribution in [-0.4, -0.2) is 115 Å². The lowest BCUT2D eigenvalue weighted by atomic mass is 9.79. The molecule has 0 atom stereocenters. The molecule has 1 aromatic heterocycles. The Bertz CT molecular complexity index is 1650. The predicted molar refractivity (Wildman–Crippen MR) is 309 cm³/mol. The largest absolute Gasteiger partial charge is 0.349 e. The van der Waals surface area contributed by atoms with Crippen molar-refractivity contribution in [3.63, 3.8) is 0 Å². The van der Waals surface area contributed by atoms with E-state index in [2.05, 4.69) is 192 Å². The van der Waals surface area contributed by atoms with Crippen molar-refractivity contribution in [2.75, 3.05) is 41.3 Å². The lowest BCUT2D eigenvalue weighted by Crippen LogP contribution is -2.63. The number of hydrogen-bond donors (Lipinski definition) is 7. The Labute approximate surface area is 439 Å². The van der Waals surface area contributed by atoms with E-state index < -0.39 is 0 Å². The highest BCUT2D eigenvalue weighted by Gasteiger charge is 2.44. The Balaban J connectivity index is 0.0000112. The first-order chi connectivity index (χ1) is 32.3. The number of anilines is 3. The SMILES string of the molecule is CC(C)(C)CC(C)(C)Nc1nc(N(CCCCCCNC2CC(C)(C)NC(C)(C)C2)C2CC(C)(C)NC(C)(C)C2)nc(N(CCCCCCNC2CC(C)(C)NC(C)(C)C2)C2CC(C)(C)NC(C)(C)C2)n1.[HH].